The standard InChI is InChI=1S/C23H22ClNO3/c1-23(2)19(11-12-24)20(23)14-22(26)28-21(15-25)16-7-6-10-18(13-16)27-17-8-4-3-5-9-17/h3-13,19-21H,14H2,1-2H3/b12-11+/t19-,20-,21?/m1/s1. The van der Waals surface area contributed by atoms with Gasteiger partial charge in [0.2, 0.25) is 6.10 Å². The second kappa shape index (κ2) is 8.50. The Hall–Kier alpha value is -2.77. The van der Waals surface area contributed by atoms with Crippen molar-refractivity contribution in [2.75, 3.05) is 0 Å². The molecule has 28 heavy (non-hydrogen) atoms. The van der Waals surface area contributed by atoms with Crippen molar-refractivity contribution in [3.63, 3.8) is 0 Å². The molecule has 144 valence electrons. The van der Waals surface area contributed by atoms with Crippen molar-refractivity contribution in [3.8, 4) is 17.6 Å². The van der Waals surface area contributed by atoms with Crippen molar-refractivity contribution in [2.45, 2.75) is 26.4 Å². The van der Waals surface area contributed by atoms with E-state index in [0.717, 1.165) is 0 Å². The summed E-state index contributed by atoms with van der Waals surface area (Å²) in [5.74, 6) is 1.31. The zero-order valence-electron chi connectivity index (χ0n) is 15.8. The number of benzene rings is 2. The van der Waals surface area contributed by atoms with E-state index in [9.17, 15) is 10.1 Å². The minimum atomic E-state index is -0.976. The lowest BCUT2D eigenvalue weighted by Gasteiger charge is -2.13. The van der Waals surface area contributed by atoms with E-state index < -0.39 is 6.10 Å². The molecule has 0 N–H and O–H groups in total. The Morgan fingerprint density at radius 3 is 2.61 bits per heavy atom. The third-order valence-corrected chi connectivity index (χ3v) is 5.46. The highest BCUT2D eigenvalue weighted by atomic mass is 35.5. The number of esters is 1. The Bertz CT molecular complexity index is 902. The summed E-state index contributed by atoms with van der Waals surface area (Å²) in [5, 5.41) is 9.50. The third kappa shape index (κ3) is 4.55. The van der Waals surface area contributed by atoms with Crippen LogP contribution >= 0.6 is 11.6 Å². The first kappa shape index (κ1) is 20.0. The number of halogens is 1. The fourth-order valence-electron chi connectivity index (χ4n) is 3.53. The van der Waals surface area contributed by atoms with Gasteiger partial charge in [0, 0.05) is 17.5 Å². The van der Waals surface area contributed by atoms with Gasteiger partial charge in [-0.1, -0.05) is 61.9 Å². The van der Waals surface area contributed by atoms with Crippen LogP contribution in [-0.4, -0.2) is 5.97 Å². The Labute approximate surface area is 170 Å². The lowest BCUT2D eigenvalue weighted by Crippen LogP contribution is -2.12. The number of allylic oxidation sites excluding steroid dienone is 1. The number of hydrogen-bond donors (Lipinski definition) is 0. The first-order valence-electron chi connectivity index (χ1n) is 9.14. The minimum absolute atomic E-state index is 0.00991. The number of nitrogens with zero attached hydrogens (tertiary/aromatic N) is 1. The molecule has 1 fully saturated rings. The van der Waals surface area contributed by atoms with Crippen molar-refractivity contribution in [1.82, 2.24) is 0 Å². The van der Waals surface area contributed by atoms with Gasteiger partial charge in [0.15, 0.2) is 0 Å². The summed E-state index contributed by atoms with van der Waals surface area (Å²) in [6.45, 7) is 4.19. The van der Waals surface area contributed by atoms with Gasteiger partial charge in [0.25, 0.3) is 0 Å². The molecule has 0 saturated heterocycles. The average molecular weight is 396 g/mol. The second-order valence-corrected chi connectivity index (χ2v) is 7.71. The highest BCUT2D eigenvalue weighted by Gasteiger charge is 2.56. The molecular weight excluding hydrogens is 374 g/mol. The van der Waals surface area contributed by atoms with Gasteiger partial charge in [0.1, 0.15) is 17.6 Å². The van der Waals surface area contributed by atoms with Gasteiger partial charge in [-0.3, -0.25) is 4.79 Å². The van der Waals surface area contributed by atoms with Crippen LogP contribution in [0.2, 0.25) is 0 Å². The van der Waals surface area contributed by atoms with E-state index in [1.807, 2.05) is 36.4 Å². The zero-order valence-corrected chi connectivity index (χ0v) is 16.6. The van der Waals surface area contributed by atoms with Crippen LogP contribution in [0.25, 0.3) is 0 Å². The van der Waals surface area contributed by atoms with E-state index in [1.54, 1.807) is 24.3 Å². The third-order valence-electron chi connectivity index (χ3n) is 5.31. The topological polar surface area (TPSA) is 59.3 Å². The van der Waals surface area contributed by atoms with Gasteiger partial charge < -0.3 is 9.47 Å². The molecule has 1 saturated carbocycles. The van der Waals surface area contributed by atoms with E-state index in [2.05, 4.69) is 19.9 Å². The van der Waals surface area contributed by atoms with Crippen molar-refractivity contribution < 1.29 is 14.3 Å². The van der Waals surface area contributed by atoms with E-state index >= 15 is 0 Å². The van der Waals surface area contributed by atoms with E-state index in [0.29, 0.717) is 17.1 Å². The molecule has 0 radical (unpaired) electrons. The summed E-state index contributed by atoms with van der Waals surface area (Å²) >= 11 is 5.67. The number of ether oxygens (including phenoxy) is 2. The smallest absolute Gasteiger partial charge is 0.307 e. The average Bonchev–Trinajstić information content (AvgIpc) is 3.19. The number of carbonyl (C=O) groups is 1. The summed E-state index contributed by atoms with van der Waals surface area (Å²) in [6, 6.07) is 18.4. The predicted octanol–water partition coefficient (Wildman–Crippen LogP) is 6.00. The highest BCUT2D eigenvalue weighted by Crippen LogP contribution is 2.60. The number of nitriles is 1. The molecule has 3 atom stereocenters. The highest BCUT2D eigenvalue weighted by molar-refractivity contribution is 6.25. The number of hydrogen-bond acceptors (Lipinski definition) is 4. The lowest BCUT2D eigenvalue weighted by molar-refractivity contribution is -0.147. The van der Waals surface area contributed by atoms with Gasteiger partial charge in [-0.05, 0) is 41.5 Å². The first-order valence-corrected chi connectivity index (χ1v) is 9.58. The second-order valence-electron chi connectivity index (χ2n) is 7.46. The zero-order chi connectivity index (χ0) is 20.1. The monoisotopic (exact) mass is 395 g/mol. The van der Waals surface area contributed by atoms with Crippen LogP contribution in [0.4, 0.5) is 0 Å². The number of para-hydroxylation sites is 1. The molecule has 0 amide bonds. The molecule has 0 spiro atoms. The van der Waals surface area contributed by atoms with Gasteiger partial charge in [-0.25, -0.2) is 0 Å². The van der Waals surface area contributed by atoms with Crippen molar-refractivity contribution in [3.05, 3.63) is 71.8 Å². The van der Waals surface area contributed by atoms with Crippen LogP contribution in [-0.2, 0) is 9.53 Å². The molecule has 2 aromatic carbocycles. The lowest BCUT2D eigenvalue weighted by atomic mass is 10.1. The predicted molar refractivity (Wildman–Crippen MR) is 108 cm³/mol. The summed E-state index contributed by atoms with van der Waals surface area (Å²) < 4.78 is 11.2. The van der Waals surface area contributed by atoms with E-state index in [-0.39, 0.29) is 29.6 Å². The van der Waals surface area contributed by atoms with Crippen LogP contribution in [0.3, 0.4) is 0 Å². The van der Waals surface area contributed by atoms with Crippen molar-refractivity contribution in [1.29, 1.82) is 5.26 Å². The van der Waals surface area contributed by atoms with Crippen LogP contribution in [0.1, 0.15) is 31.9 Å². The molecule has 0 bridgehead atoms. The largest absolute Gasteiger partial charge is 0.457 e. The maximum Gasteiger partial charge on any atom is 0.307 e. The molecule has 0 heterocycles. The van der Waals surface area contributed by atoms with Gasteiger partial charge in [-0.15, -0.1) is 0 Å². The van der Waals surface area contributed by atoms with Gasteiger partial charge >= 0.3 is 5.97 Å². The molecule has 1 aliphatic carbocycles. The van der Waals surface area contributed by atoms with Crippen LogP contribution in [0.5, 0.6) is 11.5 Å². The Balaban J connectivity index is 1.64. The maximum atomic E-state index is 12.4. The Morgan fingerprint density at radius 2 is 1.93 bits per heavy atom. The molecule has 1 unspecified atom stereocenters. The Kier molecular flexibility index (Phi) is 6.06. The van der Waals surface area contributed by atoms with Gasteiger partial charge in [0.05, 0.1) is 0 Å². The summed E-state index contributed by atoms with van der Waals surface area (Å²) in [6.07, 6.45) is 1.19. The fourth-order valence-corrected chi connectivity index (χ4v) is 3.69. The van der Waals surface area contributed by atoms with Crippen molar-refractivity contribution >= 4 is 17.6 Å². The Morgan fingerprint density at radius 1 is 1.21 bits per heavy atom. The number of carbonyl (C=O) groups excluding carboxylic acids is 1. The minimum Gasteiger partial charge on any atom is -0.457 e. The summed E-state index contributed by atoms with van der Waals surface area (Å²) in [4.78, 5) is 12.4. The summed E-state index contributed by atoms with van der Waals surface area (Å²) in [5.41, 5.74) is 2.08. The number of rotatable bonds is 7. The van der Waals surface area contributed by atoms with E-state index in [4.69, 9.17) is 21.1 Å². The molecule has 0 aliphatic heterocycles. The SMILES string of the molecule is CC1(C)[C@H](/C=C/Cl)[C@H]1CC(=O)OC(C#N)c1cccc(Oc2ccccc2)c1. The normalized spacial score (nSPS) is 20.9. The molecule has 0 aromatic heterocycles. The maximum absolute atomic E-state index is 12.4. The summed E-state index contributed by atoms with van der Waals surface area (Å²) in [7, 11) is 0. The molecular formula is C23H22ClNO3. The van der Waals surface area contributed by atoms with Crippen LogP contribution in [0, 0.1) is 28.6 Å². The molecule has 2 aromatic rings. The van der Waals surface area contributed by atoms with Gasteiger partial charge in [-0.2, -0.15) is 5.26 Å². The first-order chi connectivity index (χ1) is 13.5. The quantitative estimate of drug-likeness (QED) is 0.539. The molecule has 4 nitrogen and oxygen atoms in total. The van der Waals surface area contributed by atoms with E-state index in [1.165, 1.54) is 5.54 Å². The molecule has 1 aliphatic rings. The fraction of sp³-hybridized carbons (Fsp3) is 0.304. The van der Waals surface area contributed by atoms with Crippen LogP contribution < -0.4 is 4.74 Å². The van der Waals surface area contributed by atoms with Crippen molar-refractivity contribution in [2.24, 2.45) is 17.3 Å². The molecule has 5 heteroatoms. The molecule has 3 rings (SSSR count). The van der Waals surface area contributed by atoms with Crippen LogP contribution in [0.15, 0.2) is 66.2 Å².